The first-order valence-electron chi connectivity index (χ1n) is 28.0. The van der Waals surface area contributed by atoms with Gasteiger partial charge in [-0.05, 0) is 104 Å². The highest BCUT2D eigenvalue weighted by Gasteiger charge is 2.70. The molecule has 9 aliphatic rings. The lowest BCUT2D eigenvalue weighted by Gasteiger charge is -2.71. The van der Waals surface area contributed by atoms with E-state index in [2.05, 4.69) is 40.7 Å². The molecule has 5 aliphatic carbocycles. The number of aliphatic hydroxyl groups excluding tert-OH is 14. The van der Waals surface area contributed by atoms with Gasteiger partial charge in [0.15, 0.2) is 25.2 Å². The minimum Gasteiger partial charge on any atom is -0.481 e. The van der Waals surface area contributed by atoms with E-state index < -0.39 is 178 Å². The summed E-state index contributed by atoms with van der Waals surface area (Å²) in [5, 5.41) is 163. The van der Waals surface area contributed by atoms with Crippen molar-refractivity contribution in [2.75, 3.05) is 33.0 Å². The normalized spacial score (nSPS) is 54.2. The zero-order valence-electron chi connectivity index (χ0n) is 45.4. The summed E-state index contributed by atoms with van der Waals surface area (Å²) in [6.45, 7) is 9.51. The van der Waals surface area contributed by atoms with Crippen molar-refractivity contribution in [1.29, 1.82) is 0 Å². The second-order valence-corrected chi connectivity index (χ2v) is 26.1. The molecule has 24 heteroatoms. The zero-order valence-corrected chi connectivity index (χ0v) is 45.4. The summed E-state index contributed by atoms with van der Waals surface area (Å²) in [4.78, 5) is 13.3. The van der Waals surface area contributed by atoms with E-state index >= 15 is 0 Å². The van der Waals surface area contributed by atoms with Crippen LogP contribution in [0.1, 0.15) is 106 Å². The minimum atomic E-state index is -2.06. The molecule has 78 heavy (non-hydrogen) atoms. The molecule has 2 unspecified atom stereocenters. The van der Waals surface area contributed by atoms with Gasteiger partial charge in [0.05, 0.1) is 44.6 Å². The molecule has 8 fully saturated rings. The van der Waals surface area contributed by atoms with Crippen molar-refractivity contribution < 1.29 is 119 Å². The van der Waals surface area contributed by atoms with Crippen LogP contribution < -0.4 is 0 Å². The molecule has 15 N–H and O–H groups in total. The van der Waals surface area contributed by atoms with E-state index in [4.69, 9.17) is 37.9 Å². The standard InChI is InChI=1S/C54H88O24/c1-49(2)13-15-54(48(69)70)16-14-52(5)23(24(54)17-49)7-8-30-50(3)11-10-31(51(4,22-59)29(50)9-12-53(30,52)6)75-47-43(41(35(63)28(21-58)74-47)76-44-39(67)36(64)32(60)25(18-55)71-44)78-46-42(38(66)34(62)27(20-57)73-46)77-45-40(68)37(65)33(61)26(19-56)72-45/h7,24-47,55-68H,8-22H2,1-6H3,(H,69,70)/t24-,25-,26-,27-,28-,29?,30-,31+,32-,33-,34-,35-,36+,37+,38+,39-,40-,41+,42-,43-,44+,45+,46+,47+,50+,51?,52-,53-,54+/m1/s1. The van der Waals surface area contributed by atoms with Crippen LogP contribution in [0.2, 0.25) is 0 Å². The second kappa shape index (κ2) is 22.4. The average Bonchev–Trinajstić information content (AvgIpc) is 3.46. The van der Waals surface area contributed by atoms with Crippen molar-refractivity contribution in [1.82, 2.24) is 0 Å². The quantitative estimate of drug-likeness (QED) is 0.0632. The fourth-order valence-electron chi connectivity index (χ4n) is 16.6. The Hall–Kier alpha value is -1.67. The number of fused-ring (bicyclic) bond motifs is 7. The van der Waals surface area contributed by atoms with E-state index in [9.17, 15) is 81.4 Å². The molecule has 29 atom stereocenters. The second-order valence-electron chi connectivity index (χ2n) is 26.1. The Labute approximate surface area is 453 Å². The van der Waals surface area contributed by atoms with Gasteiger partial charge in [-0.15, -0.1) is 0 Å². The van der Waals surface area contributed by atoms with Gasteiger partial charge in [0, 0.05) is 5.41 Å². The monoisotopic (exact) mass is 1120 g/mol. The number of hydrogen-bond acceptors (Lipinski definition) is 23. The Kier molecular flexibility index (Phi) is 17.5. The summed E-state index contributed by atoms with van der Waals surface area (Å²) in [5.41, 5.74) is -1.55. The van der Waals surface area contributed by atoms with Gasteiger partial charge in [0.1, 0.15) is 97.7 Å². The van der Waals surface area contributed by atoms with Crippen LogP contribution in [0.5, 0.6) is 0 Å². The smallest absolute Gasteiger partial charge is 0.310 e. The highest BCUT2D eigenvalue weighted by atomic mass is 16.8. The van der Waals surface area contributed by atoms with Gasteiger partial charge < -0.3 is 114 Å². The molecule has 0 aromatic carbocycles. The fourth-order valence-corrected chi connectivity index (χ4v) is 16.6. The number of aliphatic carboxylic acids is 1. The van der Waals surface area contributed by atoms with Gasteiger partial charge in [0.25, 0.3) is 0 Å². The maximum absolute atomic E-state index is 13.3. The summed E-state index contributed by atoms with van der Waals surface area (Å²) in [6, 6.07) is 0. The van der Waals surface area contributed by atoms with Gasteiger partial charge in [-0.2, -0.15) is 0 Å². The minimum absolute atomic E-state index is 0.0164. The molecular weight excluding hydrogens is 1030 g/mol. The van der Waals surface area contributed by atoms with Crippen molar-refractivity contribution >= 4 is 5.97 Å². The Balaban J connectivity index is 1.06. The van der Waals surface area contributed by atoms with Gasteiger partial charge in [0.2, 0.25) is 0 Å². The van der Waals surface area contributed by atoms with E-state index in [1.165, 1.54) is 5.57 Å². The van der Waals surface area contributed by atoms with E-state index in [1.807, 2.05) is 6.92 Å². The molecule has 4 saturated carbocycles. The van der Waals surface area contributed by atoms with Crippen molar-refractivity contribution in [2.24, 2.45) is 50.2 Å². The molecule has 4 aliphatic heterocycles. The number of allylic oxidation sites excluding steroid dienone is 2. The van der Waals surface area contributed by atoms with E-state index in [0.29, 0.717) is 38.5 Å². The first kappa shape index (κ1) is 60.9. The maximum Gasteiger partial charge on any atom is 0.310 e. The lowest BCUT2D eigenvalue weighted by Crippen LogP contribution is -2.69. The maximum atomic E-state index is 13.3. The summed E-state index contributed by atoms with van der Waals surface area (Å²) in [5.74, 6) is -0.894. The van der Waals surface area contributed by atoms with E-state index in [-0.39, 0.29) is 40.6 Å². The third-order valence-electron chi connectivity index (χ3n) is 21.6. The average molecular weight is 1120 g/mol. The van der Waals surface area contributed by atoms with Crippen LogP contribution in [-0.4, -0.2) is 245 Å². The Morgan fingerprint density at radius 2 is 1.01 bits per heavy atom. The molecule has 4 heterocycles. The molecule has 0 amide bonds. The lowest BCUT2D eigenvalue weighted by atomic mass is 9.33. The molecule has 4 saturated heterocycles. The summed E-state index contributed by atoms with van der Waals surface area (Å²) < 4.78 is 49.4. The largest absolute Gasteiger partial charge is 0.481 e. The predicted molar refractivity (Wildman–Crippen MR) is 265 cm³/mol. The summed E-state index contributed by atoms with van der Waals surface area (Å²) in [7, 11) is 0. The first-order valence-corrected chi connectivity index (χ1v) is 28.0. The van der Waals surface area contributed by atoms with E-state index in [1.54, 1.807) is 0 Å². The van der Waals surface area contributed by atoms with Gasteiger partial charge in [-0.3, -0.25) is 4.79 Å². The number of aliphatic hydroxyl groups is 14. The Bertz CT molecular complexity index is 2130. The highest BCUT2D eigenvalue weighted by Crippen LogP contribution is 2.76. The third kappa shape index (κ3) is 9.76. The molecule has 0 radical (unpaired) electrons. The predicted octanol–water partition coefficient (Wildman–Crippen LogP) is -2.50. The molecule has 24 nitrogen and oxygen atoms in total. The van der Waals surface area contributed by atoms with Crippen LogP contribution in [0.4, 0.5) is 0 Å². The molecule has 448 valence electrons. The van der Waals surface area contributed by atoms with Crippen LogP contribution >= 0.6 is 0 Å². The van der Waals surface area contributed by atoms with Crippen molar-refractivity contribution in [3.63, 3.8) is 0 Å². The number of carbonyl (C=O) groups is 1. The number of carboxylic acid groups (broad SMARTS) is 1. The van der Waals surface area contributed by atoms with Crippen molar-refractivity contribution in [2.45, 2.75) is 235 Å². The number of hydrogen-bond donors (Lipinski definition) is 15. The SMILES string of the molecule is CC1(C)CC[C@]2(C(=O)O)CC[C@]3(C)C(=CC[C@@H]4[C@@]5(C)CC[C@H](O[C@@H]6O[C@H](CO)[C@@H](O)[C@H](O[C@@H]7O[C@H](CO)[C@@H](O)[C@H](O)[C@H]7O)[C@H]6O[C@@H]6O[C@H](CO)[C@@H](O)[C@H](O)[C@H]6O[C@@H]6O[C@H](CO)[C@@H](O)[C@H](O)[C@H]6O)C(C)(CO)C5CC[C@]43C)[C@H]2C1. The lowest BCUT2D eigenvalue weighted by molar-refractivity contribution is -0.412. The molecule has 9 rings (SSSR count). The summed E-state index contributed by atoms with van der Waals surface area (Å²) in [6.07, 6.45) is -28.8. The molecule has 0 aromatic heterocycles. The van der Waals surface area contributed by atoms with E-state index in [0.717, 1.165) is 25.7 Å². The topological polar surface area (TPSA) is 394 Å². The van der Waals surface area contributed by atoms with Crippen LogP contribution in [0.25, 0.3) is 0 Å². The molecule has 0 bridgehead atoms. The van der Waals surface area contributed by atoms with Crippen molar-refractivity contribution in [3.05, 3.63) is 11.6 Å². The van der Waals surface area contributed by atoms with Crippen LogP contribution in [-0.2, 0) is 42.7 Å². The highest BCUT2D eigenvalue weighted by molar-refractivity contribution is 5.76. The van der Waals surface area contributed by atoms with Gasteiger partial charge in [-0.1, -0.05) is 53.2 Å². The summed E-state index contributed by atoms with van der Waals surface area (Å²) >= 11 is 0. The number of ether oxygens (including phenoxy) is 8. The molecule has 0 spiro atoms. The Morgan fingerprint density at radius 3 is 1.55 bits per heavy atom. The van der Waals surface area contributed by atoms with Gasteiger partial charge >= 0.3 is 5.97 Å². The number of rotatable bonds is 14. The van der Waals surface area contributed by atoms with Crippen LogP contribution in [0, 0.1) is 50.2 Å². The van der Waals surface area contributed by atoms with Crippen molar-refractivity contribution in [3.8, 4) is 0 Å². The fraction of sp³-hybridized carbons (Fsp3) is 0.944. The third-order valence-corrected chi connectivity index (χ3v) is 21.6. The molecule has 0 aromatic rings. The van der Waals surface area contributed by atoms with Crippen LogP contribution in [0.3, 0.4) is 0 Å². The van der Waals surface area contributed by atoms with Crippen LogP contribution in [0.15, 0.2) is 11.6 Å². The molecular formula is C54H88O24. The Morgan fingerprint density at radius 1 is 0.526 bits per heavy atom. The van der Waals surface area contributed by atoms with Gasteiger partial charge in [-0.25, -0.2) is 0 Å². The first-order chi connectivity index (χ1) is 36.6. The zero-order chi connectivity index (χ0) is 57.0. The number of carboxylic acids is 1.